The van der Waals surface area contributed by atoms with E-state index in [1.165, 1.54) is 0 Å². The maximum Gasteiger partial charge on any atom is 0.192 e. The highest BCUT2D eigenvalue weighted by Crippen LogP contribution is 2.37. The van der Waals surface area contributed by atoms with Gasteiger partial charge >= 0.3 is 0 Å². The molecule has 0 radical (unpaired) electrons. The molecule has 9 heteroatoms. The lowest BCUT2D eigenvalue weighted by molar-refractivity contribution is -0.0771. The largest absolute Gasteiger partial charge is 0.414 e. The highest BCUT2D eigenvalue weighted by molar-refractivity contribution is 7.80. The molecule has 0 rings (SSSR count). The molecule has 0 heterocycles. The van der Waals surface area contributed by atoms with Gasteiger partial charge in [-0.2, -0.15) is 12.6 Å². The number of ether oxygens (including phenoxy) is 4. The smallest absolute Gasteiger partial charge is 0.192 e. The first-order valence-corrected chi connectivity index (χ1v) is 18.3. The first kappa shape index (κ1) is 32.5. The molecule has 0 saturated heterocycles. The quantitative estimate of drug-likeness (QED) is 0.151. The van der Waals surface area contributed by atoms with E-state index in [0.29, 0.717) is 65.2 Å². The molecule has 0 aliphatic rings. The third-order valence-corrected chi connectivity index (χ3v) is 15.7. The van der Waals surface area contributed by atoms with Crippen LogP contribution in [-0.4, -0.2) is 88.0 Å². The zero-order valence-electron chi connectivity index (χ0n) is 22.5. The van der Waals surface area contributed by atoms with Crippen molar-refractivity contribution in [2.75, 3.05) is 65.2 Å². The van der Waals surface area contributed by atoms with E-state index in [0.717, 1.165) is 0 Å². The summed E-state index contributed by atoms with van der Waals surface area (Å²) in [6.45, 7) is 27.4. The van der Waals surface area contributed by atoms with Crippen LogP contribution in [0.5, 0.6) is 0 Å². The summed E-state index contributed by atoms with van der Waals surface area (Å²) in [5, 5.41) is 0.401. The van der Waals surface area contributed by atoms with Gasteiger partial charge in [0.05, 0.1) is 59.5 Å². The van der Waals surface area contributed by atoms with E-state index in [1.54, 1.807) is 0 Å². The van der Waals surface area contributed by atoms with Crippen molar-refractivity contribution in [3.8, 4) is 0 Å². The molecular weight excluding hydrogens is 460 g/mol. The molecule has 0 aromatic heterocycles. The Bertz CT molecular complexity index is 442. The molecule has 6 nitrogen and oxygen atoms in total. The van der Waals surface area contributed by atoms with E-state index in [1.807, 2.05) is 0 Å². The van der Waals surface area contributed by atoms with Crippen molar-refractivity contribution in [2.24, 2.45) is 0 Å². The molecule has 32 heavy (non-hydrogen) atoms. The lowest BCUT2D eigenvalue weighted by atomic mass is 10.2. The van der Waals surface area contributed by atoms with Gasteiger partial charge in [0.25, 0.3) is 0 Å². The fraction of sp³-hybridized carbons (Fsp3) is 1.00. The van der Waals surface area contributed by atoms with Crippen LogP contribution in [0.15, 0.2) is 0 Å². The topological polar surface area (TPSA) is 55.4 Å². The molecule has 0 aromatic rings. The van der Waals surface area contributed by atoms with Crippen LogP contribution in [0.1, 0.15) is 41.5 Å². The van der Waals surface area contributed by atoms with Crippen molar-refractivity contribution in [3.63, 3.8) is 0 Å². The summed E-state index contributed by atoms with van der Waals surface area (Å²) in [7, 11) is -3.49. The molecule has 0 bridgehead atoms. The van der Waals surface area contributed by atoms with Gasteiger partial charge in [-0.15, -0.1) is 0 Å². The van der Waals surface area contributed by atoms with Crippen LogP contribution in [0.3, 0.4) is 0 Å². The SMILES string of the molecule is CC(C)(C)[Si](C)(C)OCCOCC(COCCO[Si](C)(C)C(C)(C)C)OCCOCCS. The van der Waals surface area contributed by atoms with E-state index >= 15 is 0 Å². The number of hydrogen-bond donors (Lipinski definition) is 1. The second kappa shape index (κ2) is 15.5. The van der Waals surface area contributed by atoms with E-state index in [2.05, 4.69) is 80.4 Å². The monoisotopic (exact) mass is 512 g/mol. The highest BCUT2D eigenvalue weighted by Gasteiger charge is 2.37. The summed E-state index contributed by atoms with van der Waals surface area (Å²) in [6, 6.07) is 0. The molecule has 0 fully saturated rings. The van der Waals surface area contributed by atoms with Crippen molar-refractivity contribution in [2.45, 2.75) is 83.9 Å². The van der Waals surface area contributed by atoms with Crippen molar-refractivity contribution < 1.29 is 27.8 Å². The second-order valence-corrected chi connectivity index (χ2v) is 21.3. The van der Waals surface area contributed by atoms with Crippen LogP contribution >= 0.6 is 12.6 Å². The zero-order chi connectivity index (χ0) is 24.9. The lowest BCUT2D eigenvalue weighted by Gasteiger charge is -2.36. The van der Waals surface area contributed by atoms with Crippen LogP contribution in [0, 0.1) is 0 Å². The van der Waals surface area contributed by atoms with Crippen LogP contribution in [0.2, 0.25) is 36.3 Å². The van der Waals surface area contributed by atoms with Gasteiger partial charge in [0.1, 0.15) is 6.10 Å². The Labute approximate surface area is 206 Å². The predicted molar refractivity (Wildman–Crippen MR) is 142 cm³/mol. The van der Waals surface area contributed by atoms with Gasteiger partial charge in [-0.05, 0) is 36.3 Å². The number of thiol groups is 1. The van der Waals surface area contributed by atoms with Crippen LogP contribution < -0.4 is 0 Å². The summed E-state index contributed by atoms with van der Waals surface area (Å²) < 4.78 is 35.4. The van der Waals surface area contributed by atoms with E-state index < -0.39 is 16.6 Å². The fourth-order valence-electron chi connectivity index (χ4n) is 2.16. The molecule has 0 amide bonds. The molecule has 0 atom stereocenters. The predicted octanol–water partition coefficient (Wildman–Crippen LogP) is 5.39. The Morgan fingerprint density at radius 1 is 0.594 bits per heavy atom. The summed E-state index contributed by atoms with van der Waals surface area (Å²) in [5.41, 5.74) is 0. The van der Waals surface area contributed by atoms with Crippen LogP contribution in [-0.2, 0) is 27.8 Å². The van der Waals surface area contributed by atoms with Gasteiger partial charge in [-0.1, -0.05) is 41.5 Å². The molecular formula is C23H52O6SSi2. The van der Waals surface area contributed by atoms with Gasteiger partial charge in [0.2, 0.25) is 0 Å². The Hall–Kier alpha value is 0.544. The molecule has 0 aromatic carbocycles. The Balaban J connectivity index is 4.32. The number of rotatable bonds is 18. The highest BCUT2D eigenvalue weighted by atomic mass is 32.1. The maximum atomic E-state index is 6.18. The van der Waals surface area contributed by atoms with Crippen molar-refractivity contribution in [3.05, 3.63) is 0 Å². The average Bonchev–Trinajstić information content (AvgIpc) is 2.64. The molecule has 0 spiro atoms. The van der Waals surface area contributed by atoms with Gasteiger partial charge in [0.15, 0.2) is 16.6 Å². The third-order valence-electron chi connectivity index (χ3n) is 6.42. The van der Waals surface area contributed by atoms with Crippen LogP contribution in [0.4, 0.5) is 0 Å². The standard InChI is InChI=1S/C23H52O6SSi2/c1-22(2,3)31(7,8)28-15-12-25-19-21(27-14-11-24-17-18-30)20-26-13-16-29-32(9,10)23(4,5)6/h21,30H,11-20H2,1-10H3. The fourth-order valence-corrected chi connectivity index (χ4v) is 4.34. The van der Waals surface area contributed by atoms with E-state index in [4.69, 9.17) is 27.8 Å². The minimum absolute atomic E-state index is 0.143. The van der Waals surface area contributed by atoms with E-state index in [9.17, 15) is 0 Å². The molecule has 194 valence electrons. The van der Waals surface area contributed by atoms with E-state index in [-0.39, 0.29) is 16.2 Å². The van der Waals surface area contributed by atoms with Gasteiger partial charge < -0.3 is 27.8 Å². The molecule has 0 aliphatic carbocycles. The summed E-state index contributed by atoms with van der Waals surface area (Å²) in [5.74, 6) is 0.706. The normalized spacial score (nSPS) is 13.9. The second-order valence-electron chi connectivity index (χ2n) is 11.2. The van der Waals surface area contributed by atoms with Gasteiger partial charge in [0, 0.05) is 5.75 Å². The van der Waals surface area contributed by atoms with Crippen molar-refractivity contribution in [1.82, 2.24) is 0 Å². The third kappa shape index (κ3) is 14.1. The molecule has 0 unspecified atom stereocenters. The average molecular weight is 513 g/mol. The van der Waals surface area contributed by atoms with Crippen molar-refractivity contribution >= 4 is 29.3 Å². The van der Waals surface area contributed by atoms with Crippen molar-refractivity contribution in [1.29, 1.82) is 0 Å². The number of hydrogen-bond acceptors (Lipinski definition) is 7. The molecule has 0 aliphatic heterocycles. The molecule has 0 N–H and O–H groups in total. The first-order chi connectivity index (χ1) is 14.6. The Kier molecular flexibility index (Phi) is 15.8. The van der Waals surface area contributed by atoms with Gasteiger partial charge in [-0.25, -0.2) is 0 Å². The minimum atomic E-state index is -1.74. The lowest BCUT2D eigenvalue weighted by Crippen LogP contribution is -2.42. The first-order valence-electron chi connectivity index (χ1n) is 11.9. The van der Waals surface area contributed by atoms with Gasteiger partial charge in [-0.3, -0.25) is 0 Å². The zero-order valence-corrected chi connectivity index (χ0v) is 25.4. The summed E-state index contributed by atoms with van der Waals surface area (Å²) in [4.78, 5) is 0. The summed E-state index contributed by atoms with van der Waals surface area (Å²) >= 11 is 4.15. The molecule has 0 saturated carbocycles. The Morgan fingerprint density at radius 2 is 1.00 bits per heavy atom. The maximum absolute atomic E-state index is 6.18. The Morgan fingerprint density at radius 3 is 1.38 bits per heavy atom. The minimum Gasteiger partial charge on any atom is -0.414 e. The summed E-state index contributed by atoms with van der Waals surface area (Å²) in [6.07, 6.45) is -0.143. The van der Waals surface area contributed by atoms with Crippen LogP contribution in [0.25, 0.3) is 0 Å².